The third kappa shape index (κ3) is 2.38. The molecule has 4 heteroatoms. The van der Waals surface area contributed by atoms with Gasteiger partial charge < -0.3 is 0 Å². The van der Waals surface area contributed by atoms with Gasteiger partial charge in [-0.15, -0.1) is 0 Å². The first-order chi connectivity index (χ1) is 10.1. The lowest BCUT2D eigenvalue weighted by atomic mass is 9.97. The first-order valence-electron chi connectivity index (χ1n) is 7.15. The van der Waals surface area contributed by atoms with Crippen LogP contribution < -0.4 is 0 Å². The number of halogens is 2. The average Bonchev–Trinajstić information content (AvgIpc) is 3.28. The van der Waals surface area contributed by atoms with Gasteiger partial charge >= 0.3 is 0 Å². The summed E-state index contributed by atoms with van der Waals surface area (Å²) >= 11 is 7.05. The predicted octanol–water partition coefficient (Wildman–Crippen LogP) is 4.81. The number of rotatable bonds is 1. The number of carbonyl (C=O) groups excluding carboxylic acids is 1. The SMILES string of the molecule is O=C1c2ncc(Br)cc2CCc2cc(C3CC3)cc(Br)c21. The summed E-state index contributed by atoms with van der Waals surface area (Å²) in [4.78, 5) is 17.2. The Labute approximate surface area is 140 Å². The summed E-state index contributed by atoms with van der Waals surface area (Å²) in [6, 6.07) is 6.37. The van der Waals surface area contributed by atoms with Crippen LogP contribution in [0.15, 0.2) is 33.3 Å². The van der Waals surface area contributed by atoms with E-state index in [1.54, 1.807) is 6.20 Å². The predicted molar refractivity (Wildman–Crippen MR) is 88.9 cm³/mol. The molecule has 2 nitrogen and oxygen atoms in total. The number of aryl methyl sites for hydroxylation is 2. The molecule has 1 aromatic heterocycles. The van der Waals surface area contributed by atoms with Crippen molar-refractivity contribution in [2.45, 2.75) is 31.6 Å². The lowest BCUT2D eigenvalue weighted by molar-refractivity contribution is 0.103. The van der Waals surface area contributed by atoms with E-state index in [2.05, 4.69) is 49.0 Å². The van der Waals surface area contributed by atoms with E-state index in [1.807, 2.05) is 6.07 Å². The van der Waals surface area contributed by atoms with Gasteiger partial charge in [-0.25, -0.2) is 0 Å². The minimum absolute atomic E-state index is 0.0409. The second kappa shape index (κ2) is 5.03. The second-order valence-corrected chi connectivity index (χ2v) is 7.57. The fourth-order valence-electron chi connectivity index (χ4n) is 3.05. The van der Waals surface area contributed by atoms with E-state index in [-0.39, 0.29) is 5.78 Å². The van der Waals surface area contributed by atoms with Crippen molar-refractivity contribution in [1.29, 1.82) is 0 Å². The Bertz CT molecular complexity index is 766. The van der Waals surface area contributed by atoms with Crippen LogP contribution in [-0.4, -0.2) is 10.8 Å². The largest absolute Gasteiger partial charge is 0.287 e. The Morgan fingerprint density at radius 3 is 2.57 bits per heavy atom. The van der Waals surface area contributed by atoms with E-state index in [1.165, 1.54) is 18.4 Å². The lowest BCUT2D eigenvalue weighted by Crippen LogP contribution is -2.08. The van der Waals surface area contributed by atoms with E-state index >= 15 is 0 Å². The zero-order valence-corrected chi connectivity index (χ0v) is 14.5. The molecular weight excluding hydrogens is 394 g/mol. The molecule has 1 fully saturated rings. The summed E-state index contributed by atoms with van der Waals surface area (Å²) < 4.78 is 1.85. The molecule has 2 aliphatic carbocycles. The van der Waals surface area contributed by atoms with E-state index < -0.39 is 0 Å². The van der Waals surface area contributed by atoms with Crippen molar-refractivity contribution in [3.8, 4) is 0 Å². The molecule has 1 saturated carbocycles. The van der Waals surface area contributed by atoms with E-state index in [0.29, 0.717) is 11.6 Å². The van der Waals surface area contributed by atoms with Gasteiger partial charge in [0.2, 0.25) is 5.78 Å². The normalized spacial score (nSPS) is 17.1. The Kier molecular flexibility index (Phi) is 3.27. The topological polar surface area (TPSA) is 30.0 Å². The van der Waals surface area contributed by atoms with Crippen LogP contribution in [0.5, 0.6) is 0 Å². The molecule has 106 valence electrons. The number of aromatic nitrogens is 1. The number of benzene rings is 1. The van der Waals surface area contributed by atoms with Crippen LogP contribution in [0.1, 0.15) is 51.5 Å². The molecule has 4 rings (SSSR count). The van der Waals surface area contributed by atoms with Gasteiger partial charge in [-0.1, -0.05) is 22.0 Å². The standard InChI is InChI=1S/C17H13Br2NO/c18-13-6-11-4-3-10-5-12(9-1-2-9)7-14(19)15(10)17(21)16(11)20-8-13/h5-9H,1-4H2. The molecule has 0 N–H and O–H groups in total. The van der Waals surface area contributed by atoms with Gasteiger partial charge in [0.25, 0.3) is 0 Å². The van der Waals surface area contributed by atoms with Crippen LogP contribution in [-0.2, 0) is 12.8 Å². The smallest absolute Gasteiger partial charge is 0.213 e. The van der Waals surface area contributed by atoms with Crippen molar-refractivity contribution in [1.82, 2.24) is 4.98 Å². The highest BCUT2D eigenvalue weighted by Crippen LogP contribution is 2.43. The van der Waals surface area contributed by atoms with Crippen LogP contribution in [0.25, 0.3) is 0 Å². The number of hydrogen-bond donors (Lipinski definition) is 0. The van der Waals surface area contributed by atoms with E-state index in [0.717, 1.165) is 38.5 Å². The Hall–Kier alpha value is -1.00. The third-order valence-corrected chi connectivity index (χ3v) is 5.34. The zero-order chi connectivity index (χ0) is 14.6. The molecule has 2 aromatic rings. The summed E-state index contributed by atoms with van der Waals surface area (Å²) in [6.45, 7) is 0. The first kappa shape index (κ1) is 13.6. The minimum atomic E-state index is 0.0409. The van der Waals surface area contributed by atoms with Gasteiger partial charge in [0, 0.05) is 20.7 Å². The molecule has 0 aliphatic heterocycles. The maximum Gasteiger partial charge on any atom is 0.213 e. The molecule has 2 aliphatic rings. The van der Waals surface area contributed by atoms with Crippen LogP contribution in [0, 0.1) is 0 Å². The minimum Gasteiger partial charge on any atom is -0.287 e. The number of ketones is 1. The number of hydrogen-bond acceptors (Lipinski definition) is 2. The van der Waals surface area contributed by atoms with Crippen molar-refractivity contribution in [3.05, 3.63) is 61.3 Å². The Balaban J connectivity index is 1.87. The number of fused-ring (bicyclic) bond motifs is 2. The fraction of sp³-hybridized carbons (Fsp3) is 0.294. The van der Waals surface area contributed by atoms with E-state index in [9.17, 15) is 4.79 Å². The molecule has 0 unspecified atom stereocenters. The number of nitrogens with zero attached hydrogens (tertiary/aromatic N) is 1. The lowest BCUT2D eigenvalue weighted by Gasteiger charge is -2.10. The van der Waals surface area contributed by atoms with Crippen molar-refractivity contribution in [2.75, 3.05) is 0 Å². The number of carbonyl (C=O) groups is 1. The van der Waals surface area contributed by atoms with Crippen molar-refractivity contribution >= 4 is 37.6 Å². The Morgan fingerprint density at radius 2 is 1.81 bits per heavy atom. The summed E-state index contributed by atoms with van der Waals surface area (Å²) in [5.74, 6) is 0.735. The summed E-state index contributed by atoms with van der Waals surface area (Å²) in [7, 11) is 0. The maximum absolute atomic E-state index is 12.8. The highest BCUT2D eigenvalue weighted by molar-refractivity contribution is 9.10. The Morgan fingerprint density at radius 1 is 1.05 bits per heavy atom. The van der Waals surface area contributed by atoms with Gasteiger partial charge in [0.15, 0.2) is 0 Å². The van der Waals surface area contributed by atoms with Gasteiger partial charge in [0.05, 0.1) is 0 Å². The van der Waals surface area contributed by atoms with Crippen molar-refractivity contribution in [2.24, 2.45) is 0 Å². The molecule has 0 amide bonds. The third-order valence-electron chi connectivity index (χ3n) is 4.28. The van der Waals surface area contributed by atoms with Gasteiger partial charge in [-0.3, -0.25) is 9.78 Å². The van der Waals surface area contributed by atoms with Crippen LogP contribution in [0.4, 0.5) is 0 Å². The summed E-state index contributed by atoms with van der Waals surface area (Å²) in [6.07, 6.45) is 6.00. The van der Waals surface area contributed by atoms with Crippen LogP contribution >= 0.6 is 31.9 Å². The highest BCUT2D eigenvalue weighted by atomic mass is 79.9. The average molecular weight is 407 g/mol. The van der Waals surface area contributed by atoms with Crippen molar-refractivity contribution < 1.29 is 4.79 Å². The molecule has 0 spiro atoms. The van der Waals surface area contributed by atoms with Gasteiger partial charge in [-0.2, -0.15) is 0 Å². The van der Waals surface area contributed by atoms with E-state index in [4.69, 9.17) is 0 Å². The second-order valence-electron chi connectivity index (χ2n) is 5.80. The fourth-order valence-corrected chi connectivity index (χ4v) is 4.13. The summed E-state index contributed by atoms with van der Waals surface area (Å²) in [5, 5.41) is 0. The molecule has 0 saturated heterocycles. The molecule has 1 aromatic carbocycles. The van der Waals surface area contributed by atoms with Crippen LogP contribution in [0.3, 0.4) is 0 Å². The maximum atomic E-state index is 12.8. The monoisotopic (exact) mass is 405 g/mol. The molecule has 0 atom stereocenters. The van der Waals surface area contributed by atoms with Crippen LogP contribution in [0.2, 0.25) is 0 Å². The molecule has 21 heavy (non-hydrogen) atoms. The van der Waals surface area contributed by atoms with Gasteiger partial charge in [-0.05, 0) is 76.4 Å². The summed E-state index contributed by atoms with van der Waals surface area (Å²) in [5.41, 5.74) is 4.95. The van der Waals surface area contributed by atoms with Gasteiger partial charge in [0.1, 0.15) is 5.69 Å². The zero-order valence-electron chi connectivity index (χ0n) is 11.3. The highest BCUT2D eigenvalue weighted by Gasteiger charge is 2.29. The number of pyridine rings is 1. The quantitative estimate of drug-likeness (QED) is 0.679. The van der Waals surface area contributed by atoms with Crippen molar-refractivity contribution in [3.63, 3.8) is 0 Å². The molecular formula is C17H13Br2NO. The molecule has 0 radical (unpaired) electrons. The molecule has 0 bridgehead atoms. The first-order valence-corrected chi connectivity index (χ1v) is 8.73. The molecule has 1 heterocycles.